The second-order valence-corrected chi connectivity index (χ2v) is 11.0. The van der Waals surface area contributed by atoms with Gasteiger partial charge in [0.25, 0.3) is 7.82 Å². The fraction of sp³-hybridized carbons (Fsp3) is 0.741. The number of hydrogen-bond acceptors (Lipinski definition) is 7. The third-order valence-corrected chi connectivity index (χ3v) is 5.97. The van der Waals surface area contributed by atoms with Crippen molar-refractivity contribution in [2.24, 2.45) is 0 Å². The Bertz CT molecular complexity index is 686. The summed E-state index contributed by atoms with van der Waals surface area (Å²) in [7, 11) is 1.32. The maximum atomic E-state index is 12.0. The topological polar surface area (TPSA) is 94.1 Å². The summed E-state index contributed by atoms with van der Waals surface area (Å²) in [6.45, 7) is 4.61. The predicted molar refractivity (Wildman–Crippen MR) is 143 cm³/mol. The van der Waals surface area contributed by atoms with Crippen molar-refractivity contribution in [1.29, 1.82) is 0 Å². The molecule has 2 atom stereocenters. The highest BCUT2D eigenvalue weighted by Gasteiger charge is 2.19. The fourth-order valence-electron chi connectivity index (χ4n) is 2.88. The molecule has 210 valence electrons. The number of esters is 1. The summed E-state index contributed by atoms with van der Waals surface area (Å²) >= 11 is 0. The van der Waals surface area contributed by atoms with Gasteiger partial charge in [0.15, 0.2) is 0 Å². The van der Waals surface area contributed by atoms with Crippen molar-refractivity contribution in [2.45, 2.75) is 77.7 Å². The number of nitrogens with zero attached hydrogens (tertiary/aromatic N) is 1. The molecule has 36 heavy (non-hydrogen) atoms. The highest BCUT2D eigenvalue weighted by Crippen LogP contribution is 2.38. The Morgan fingerprint density at radius 1 is 0.861 bits per heavy atom. The molecule has 0 saturated carbocycles. The molecular weight excluding hydrogens is 481 g/mol. The zero-order valence-electron chi connectivity index (χ0n) is 23.2. The summed E-state index contributed by atoms with van der Waals surface area (Å²) in [5.41, 5.74) is 0. The lowest BCUT2D eigenvalue weighted by atomic mass is 10.1. The minimum atomic E-state index is -4.48. The molecule has 0 aliphatic carbocycles. The van der Waals surface area contributed by atoms with Crippen molar-refractivity contribution < 1.29 is 37.3 Å². The van der Waals surface area contributed by atoms with E-state index in [1.54, 1.807) is 6.92 Å². The van der Waals surface area contributed by atoms with Crippen LogP contribution in [0, 0.1) is 0 Å². The Hall–Kier alpha value is -1.28. The Morgan fingerprint density at radius 3 is 2.14 bits per heavy atom. The number of phosphoric ester groups is 1. The summed E-state index contributed by atoms with van der Waals surface area (Å²) in [6.07, 6.45) is 20.9. The van der Waals surface area contributed by atoms with Gasteiger partial charge < -0.3 is 27.9 Å². The lowest BCUT2D eigenvalue weighted by molar-refractivity contribution is -0.870. The number of quaternary nitrogens is 1. The van der Waals surface area contributed by atoms with Crippen LogP contribution in [0.1, 0.15) is 71.6 Å². The number of likely N-dealkylation sites (N-methyl/N-ethyl adjacent to an activating group) is 1. The van der Waals surface area contributed by atoms with Gasteiger partial charge in [0.1, 0.15) is 19.3 Å². The molecule has 0 aromatic heterocycles. The van der Waals surface area contributed by atoms with Crippen LogP contribution in [0.4, 0.5) is 0 Å². The van der Waals surface area contributed by atoms with E-state index in [1.807, 2.05) is 21.1 Å². The molecule has 0 fully saturated rings. The fourth-order valence-corrected chi connectivity index (χ4v) is 3.61. The average molecular weight is 532 g/mol. The number of allylic oxidation sites excluding steroid dienone is 6. The van der Waals surface area contributed by atoms with Gasteiger partial charge in [-0.1, -0.05) is 63.1 Å². The van der Waals surface area contributed by atoms with Crippen LogP contribution in [0.25, 0.3) is 0 Å². The van der Waals surface area contributed by atoms with E-state index in [2.05, 4.69) is 43.4 Å². The molecule has 0 aliphatic heterocycles. The van der Waals surface area contributed by atoms with Crippen LogP contribution >= 0.6 is 7.82 Å². The van der Waals surface area contributed by atoms with Gasteiger partial charge in [0.2, 0.25) is 0 Å². The minimum absolute atomic E-state index is 0.0178. The third kappa shape index (κ3) is 24.4. The summed E-state index contributed by atoms with van der Waals surface area (Å²) in [6, 6.07) is 0. The van der Waals surface area contributed by atoms with E-state index in [1.165, 1.54) is 0 Å². The monoisotopic (exact) mass is 531 g/mol. The number of carbonyl (C=O) groups excluding carboxylic acids is 1. The van der Waals surface area contributed by atoms with Crippen LogP contribution in [-0.4, -0.2) is 70.7 Å². The highest BCUT2D eigenvalue weighted by atomic mass is 31.2. The molecule has 0 saturated heterocycles. The van der Waals surface area contributed by atoms with Crippen LogP contribution in [0.15, 0.2) is 36.5 Å². The first-order valence-corrected chi connectivity index (χ1v) is 14.7. The molecule has 0 N–H and O–H groups in total. The van der Waals surface area contributed by atoms with Crippen LogP contribution in [0.3, 0.4) is 0 Å². The van der Waals surface area contributed by atoms with E-state index in [0.29, 0.717) is 17.6 Å². The quantitative estimate of drug-likeness (QED) is 0.0577. The Balaban J connectivity index is 4.03. The number of ether oxygens (including phenoxy) is 2. The second kappa shape index (κ2) is 21.8. The SMILES string of the molecule is CC/C=C\C/C=C\C/C=C\CCCCCCOCC(COP(=O)([O-])OCC[N+](C)(C)C)OC(=O)CC. The first-order valence-electron chi connectivity index (χ1n) is 13.2. The largest absolute Gasteiger partial charge is 0.756 e. The summed E-state index contributed by atoms with van der Waals surface area (Å²) in [5.74, 6) is -0.434. The maximum Gasteiger partial charge on any atom is 0.305 e. The summed E-state index contributed by atoms with van der Waals surface area (Å²) < 4.78 is 33.2. The first kappa shape index (κ1) is 34.7. The van der Waals surface area contributed by atoms with Gasteiger partial charge in [-0.05, 0) is 38.5 Å². The van der Waals surface area contributed by atoms with E-state index >= 15 is 0 Å². The molecule has 2 unspecified atom stereocenters. The molecule has 0 bridgehead atoms. The van der Waals surface area contributed by atoms with Gasteiger partial charge in [-0.25, -0.2) is 0 Å². The zero-order chi connectivity index (χ0) is 27.1. The Labute approximate surface area is 219 Å². The molecule has 0 aliphatic rings. The first-order chi connectivity index (χ1) is 17.1. The maximum absolute atomic E-state index is 12.0. The van der Waals surface area contributed by atoms with Crippen molar-refractivity contribution in [2.75, 3.05) is 54.1 Å². The van der Waals surface area contributed by atoms with Crippen LogP contribution < -0.4 is 4.89 Å². The van der Waals surface area contributed by atoms with Crippen LogP contribution in [0.5, 0.6) is 0 Å². The number of hydrogen-bond donors (Lipinski definition) is 0. The van der Waals surface area contributed by atoms with E-state index < -0.39 is 19.9 Å². The molecule has 0 spiro atoms. The van der Waals surface area contributed by atoms with Crippen molar-refractivity contribution >= 4 is 13.8 Å². The van der Waals surface area contributed by atoms with Crippen LogP contribution in [0.2, 0.25) is 0 Å². The molecule has 0 rings (SSSR count). The van der Waals surface area contributed by atoms with E-state index in [9.17, 15) is 14.3 Å². The summed E-state index contributed by atoms with van der Waals surface area (Å²) in [4.78, 5) is 23.7. The number of carbonyl (C=O) groups is 1. The van der Waals surface area contributed by atoms with Gasteiger partial charge in [-0.3, -0.25) is 9.36 Å². The lowest BCUT2D eigenvalue weighted by Gasteiger charge is -2.28. The average Bonchev–Trinajstić information content (AvgIpc) is 2.81. The van der Waals surface area contributed by atoms with Crippen LogP contribution in [-0.2, 0) is 27.9 Å². The molecule has 8 nitrogen and oxygen atoms in total. The van der Waals surface area contributed by atoms with Crippen molar-refractivity contribution in [3.8, 4) is 0 Å². The number of unbranched alkanes of at least 4 members (excludes halogenated alkanes) is 4. The Kier molecular flexibility index (Phi) is 21.0. The van der Waals surface area contributed by atoms with Gasteiger partial charge >= 0.3 is 5.97 Å². The Morgan fingerprint density at radius 2 is 1.50 bits per heavy atom. The zero-order valence-corrected chi connectivity index (χ0v) is 24.1. The van der Waals surface area contributed by atoms with Crippen molar-refractivity contribution in [1.82, 2.24) is 0 Å². The number of phosphoric acid groups is 1. The molecule has 0 aromatic carbocycles. The lowest BCUT2D eigenvalue weighted by Crippen LogP contribution is -2.37. The van der Waals surface area contributed by atoms with E-state index in [-0.39, 0.29) is 26.2 Å². The van der Waals surface area contributed by atoms with E-state index in [4.69, 9.17) is 18.5 Å². The number of rotatable bonds is 23. The van der Waals surface area contributed by atoms with Gasteiger partial charge in [-0.2, -0.15) is 0 Å². The second-order valence-electron chi connectivity index (χ2n) is 9.63. The standard InChI is InChI=1S/C27H50NO7P/c1-6-8-9-10-11-12-13-14-15-16-17-18-19-20-22-32-24-26(35-27(29)7-2)25-34-36(30,31)33-23-21-28(3,4)5/h8-9,11-12,14-15,26H,6-7,10,13,16-25H2,1-5H3/b9-8-,12-11-,15-14-. The van der Waals surface area contributed by atoms with Gasteiger partial charge in [-0.15, -0.1) is 0 Å². The molecule has 0 heterocycles. The molecule has 0 aromatic rings. The molecule has 9 heteroatoms. The van der Waals surface area contributed by atoms with Gasteiger partial charge in [0.05, 0.1) is 34.4 Å². The molecule has 0 amide bonds. The van der Waals surface area contributed by atoms with E-state index in [0.717, 1.165) is 51.4 Å². The summed E-state index contributed by atoms with van der Waals surface area (Å²) in [5, 5.41) is 0. The van der Waals surface area contributed by atoms with Crippen molar-refractivity contribution in [3.63, 3.8) is 0 Å². The predicted octanol–water partition coefficient (Wildman–Crippen LogP) is 5.34. The third-order valence-electron chi connectivity index (χ3n) is 5.01. The van der Waals surface area contributed by atoms with Gasteiger partial charge in [0, 0.05) is 13.0 Å². The minimum Gasteiger partial charge on any atom is -0.756 e. The molecule has 0 radical (unpaired) electrons. The normalized spacial score (nSPS) is 15.2. The highest BCUT2D eigenvalue weighted by molar-refractivity contribution is 7.45. The smallest absolute Gasteiger partial charge is 0.305 e. The van der Waals surface area contributed by atoms with Crippen molar-refractivity contribution in [3.05, 3.63) is 36.5 Å². The molecular formula is C27H50NO7P.